The molecule has 0 spiro atoms. The highest BCUT2D eigenvalue weighted by molar-refractivity contribution is 9.09. The van der Waals surface area contributed by atoms with Crippen LogP contribution in [0.2, 0.25) is 0 Å². The molecule has 0 atom stereocenters. The first-order valence-corrected chi connectivity index (χ1v) is 6.40. The molecule has 0 saturated carbocycles. The number of carbonyl (C=O) groups excluding carboxylic acids is 1. The van der Waals surface area contributed by atoms with Crippen LogP contribution in [0.4, 0.5) is 5.69 Å². The van der Waals surface area contributed by atoms with Crippen LogP contribution < -0.4 is 11.1 Å². The van der Waals surface area contributed by atoms with Crippen LogP contribution in [-0.2, 0) is 7.05 Å². The van der Waals surface area contributed by atoms with E-state index in [9.17, 15) is 4.79 Å². The van der Waals surface area contributed by atoms with Gasteiger partial charge in [-0.15, -0.1) is 0 Å². The molecule has 6 heteroatoms. The Hall–Kier alpha value is -1.04. The van der Waals surface area contributed by atoms with Gasteiger partial charge in [0, 0.05) is 25.1 Å². The number of hydrogen-bond donors (Lipinski definition) is 2. The summed E-state index contributed by atoms with van der Waals surface area (Å²) in [6.07, 6.45) is 4.83. The van der Waals surface area contributed by atoms with E-state index < -0.39 is 0 Å². The molecule has 0 fully saturated rings. The molecule has 0 radical (unpaired) electrons. The van der Waals surface area contributed by atoms with Crippen LogP contribution in [0, 0.1) is 0 Å². The second-order valence-corrected chi connectivity index (χ2v) is 4.41. The quantitative estimate of drug-likeness (QED) is 0.612. The zero-order valence-electron chi connectivity index (χ0n) is 9.37. The topological polar surface area (TPSA) is 72.9 Å². The van der Waals surface area contributed by atoms with E-state index in [1.54, 1.807) is 13.2 Å². The molecule has 0 bridgehead atoms. The van der Waals surface area contributed by atoms with Gasteiger partial charge in [-0.3, -0.25) is 9.48 Å². The number of halogens is 1. The molecule has 1 aromatic rings. The third-order valence-electron chi connectivity index (χ3n) is 2.17. The van der Waals surface area contributed by atoms with Crippen LogP contribution in [0.3, 0.4) is 0 Å². The highest BCUT2D eigenvalue weighted by Crippen LogP contribution is 2.07. The maximum Gasteiger partial charge on any atom is 0.273 e. The zero-order chi connectivity index (χ0) is 12.0. The van der Waals surface area contributed by atoms with E-state index in [4.69, 9.17) is 5.73 Å². The van der Waals surface area contributed by atoms with E-state index in [1.165, 1.54) is 4.68 Å². The van der Waals surface area contributed by atoms with Gasteiger partial charge in [-0.1, -0.05) is 22.4 Å². The van der Waals surface area contributed by atoms with Crippen LogP contribution in [0.15, 0.2) is 6.20 Å². The van der Waals surface area contributed by atoms with Crippen molar-refractivity contribution in [1.29, 1.82) is 0 Å². The largest absolute Gasteiger partial charge is 0.396 e. The lowest BCUT2D eigenvalue weighted by molar-refractivity contribution is 0.0948. The molecule has 0 saturated heterocycles. The molecule has 5 nitrogen and oxygen atoms in total. The van der Waals surface area contributed by atoms with Gasteiger partial charge in [-0.25, -0.2) is 0 Å². The van der Waals surface area contributed by atoms with Crippen molar-refractivity contribution in [2.24, 2.45) is 7.05 Å². The van der Waals surface area contributed by atoms with Crippen molar-refractivity contribution in [3.8, 4) is 0 Å². The Kier molecular flexibility index (Phi) is 5.31. The summed E-state index contributed by atoms with van der Waals surface area (Å²) in [5, 5.41) is 7.81. The van der Waals surface area contributed by atoms with Gasteiger partial charge in [0.15, 0.2) is 5.69 Å². The molecule has 90 valence electrons. The number of rotatable bonds is 6. The molecule has 1 aromatic heterocycles. The Labute approximate surface area is 104 Å². The van der Waals surface area contributed by atoms with E-state index >= 15 is 0 Å². The molecule has 0 aliphatic heterocycles. The Balaban J connectivity index is 2.33. The molecular weight excluding hydrogens is 272 g/mol. The summed E-state index contributed by atoms with van der Waals surface area (Å²) in [5.74, 6) is -0.197. The fraction of sp³-hybridized carbons (Fsp3) is 0.600. The van der Waals surface area contributed by atoms with Crippen molar-refractivity contribution in [2.45, 2.75) is 19.3 Å². The lowest BCUT2D eigenvalue weighted by Crippen LogP contribution is -2.25. The Bertz CT molecular complexity index is 351. The molecule has 0 unspecified atom stereocenters. The summed E-state index contributed by atoms with van der Waals surface area (Å²) in [6, 6.07) is 0. The van der Waals surface area contributed by atoms with Gasteiger partial charge in [-0.05, 0) is 12.8 Å². The molecule has 0 aliphatic carbocycles. The van der Waals surface area contributed by atoms with E-state index in [1.807, 2.05) is 0 Å². The van der Waals surface area contributed by atoms with Crippen molar-refractivity contribution in [3.05, 3.63) is 11.9 Å². The van der Waals surface area contributed by atoms with Gasteiger partial charge in [0.2, 0.25) is 0 Å². The first kappa shape index (κ1) is 13.0. The van der Waals surface area contributed by atoms with Gasteiger partial charge < -0.3 is 11.1 Å². The van der Waals surface area contributed by atoms with Crippen LogP contribution >= 0.6 is 15.9 Å². The van der Waals surface area contributed by atoms with Gasteiger partial charge in [0.1, 0.15) is 0 Å². The highest BCUT2D eigenvalue weighted by atomic mass is 79.9. The Morgan fingerprint density at radius 1 is 1.56 bits per heavy atom. The van der Waals surface area contributed by atoms with Crippen molar-refractivity contribution in [1.82, 2.24) is 15.1 Å². The minimum Gasteiger partial charge on any atom is -0.396 e. The van der Waals surface area contributed by atoms with Crippen LogP contribution in [-0.4, -0.2) is 27.6 Å². The summed E-state index contributed by atoms with van der Waals surface area (Å²) in [4.78, 5) is 11.6. The molecular formula is C10H17BrN4O. The van der Waals surface area contributed by atoms with Crippen molar-refractivity contribution in [2.75, 3.05) is 17.6 Å². The second kappa shape index (κ2) is 6.52. The summed E-state index contributed by atoms with van der Waals surface area (Å²) in [7, 11) is 1.74. The average Bonchev–Trinajstić information content (AvgIpc) is 2.57. The number of anilines is 1. The van der Waals surface area contributed by atoms with Gasteiger partial charge in [0.25, 0.3) is 5.91 Å². The monoisotopic (exact) mass is 288 g/mol. The number of nitrogens with one attached hydrogen (secondary N) is 1. The Morgan fingerprint density at radius 2 is 2.31 bits per heavy atom. The molecule has 3 N–H and O–H groups in total. The summed E-state index contributed by atoms with van der Waals surface area (Å²) in [6.45, 7) is 0.668. The minimum atomic E-state index is -0.197. The fourth-order valence-corrected chi connectivity index (χ4v) is 1.76. The number of nitrogens with two attached hydrogens (primary N) is 1. The lowest BCUT2D eigenvalue weighted by Gasteiger charge is -2.02. The molecule has 1 rings (SSSR count). The standard InChI is InChI=1S/C10H17BrN4O/c1-15-7-8(12)9(14-15)10(16)13-6-4-2-3-5-11/h7H,2-6,12H2,1H3,(H,13,16). The summed E-state index contributed by atoms with van der Waals surface area (Å²) < 4.78 is 1.54. The molecule has 16 heavy (non-hydrogen) atoms. The van der Waals surface area contributed by atoms with Crippen molar-refractivity contribution < 1.29 is 4.79 Å². The summed E-state index contributed by atoms with van der Waals surface area (Å²) in [5.41, 5.74) is 6.37. The van der Waals surface area contributed by atoms with Gasteiger partial charge in [0.05, 0.1) is 5.69 Å². The molecule has 1 heterocycles. The maximum absolute atomic E-state index is 11.6. The number of nitrogen functional groups attached to an aromatic ring is 1. The number of hydrogen-bond acceptors (Lipinski definition) is 3. The first-order valence-electron chi connectivity index (χ1n) is 5.28. The number of aryl methyl sites for hydroxylation is 1. The summed E-state index contributed by atoms with van der Waals surface area (Å²) >= 11 is 3.36. The predicted molar refractivity (Wildman–Crippen MR) is 67.6 cm³/mol. The number of aromatic nitrogens is 2. The SMILES string of the molecule is Cn1cc(N)c(C(=O)NCCCCCBr)n1. The fourth-order valence-electron chi connectivity index (χ4n) is 1.37. The van der Waals surface area contributed by atoms with Crippen molar-refractivity contribution >= 4 is 27.5 Å². The lowest BCUT2D eigenvalue weighted by atomic mass is 10.2. The van der Waals surface area contributed by atoms with E-state index in [0.717, 1.165) is 24.6 Å². The first-order chi connectivity index (χ1) is 7.65. The average molecular weight is 289 g/mol. The number of nitrogens with zero attached hydrogens (tertiary/aromatic N) is 2. The third-order valence-corrected chi connectivity index (χ3v) is 2.73. The van der Waals surface area contributed by atoms with E-state index in [2.05, 4.69) is 26.3 Å². The number of amides is 1. The maximum atomic E-state index is 11.6. The number of carbonyl (C=O) groups is 1. The minimum absolute atomic E-state index is 0.197. The van der Waals surface area contributed by atoms with Gasteiger partial charge >= 0.3 is 0 Å². The zero-order valence-corrected chi connectivity index (χ0v) is 11.0. The molecule has 1 amide bonds. The highest BCUT2D eigenvalue weighted by Gasteiger charge is 2.12. The van der Waals surface area contributed by atoms with Gasteiger partial charge in [-0.2, -0.15) is 5.10 Å². The number of unbranched alkanes of at least 4 members (excludes halogenated alkanes) is 2. The normalized spacial score (nSPS) is 10.4. The van der Waals surface area contributed by atoms with Crippen LogP contribution in [0.25, 0.3) is 0 Å². The smallest absolute Gasteiger partial charge is 0.273 e. The Morgan fingerprint density at radius 3 is 2.88 bits per heavy atom. The number of alkyl halides is 1. The van der Waals surface area contributed by atoms with E-state index in [-0.39, 0.29) is 5.91 Å². The van der Waals surface area contributed by atoms with Crippen LogP contribution in [0.5, 0.6) is 0 Å². The molecule has 0 aliphatic rings. The molecule has 0 aromatic carbocycles. The predicted octanol–water partition coefficient (Wildman–Crippen LogP) is 1.30. The second-order valence-electron chi connectivity index (χ2n) is 3.61. The van der Waals surface area contributed by atoms with Crippen molar-refractivity contribution in [3.63, 3.8) is 0 Å². The van der Waals surface area contributed by atoms with E-state index in [0.29, 0.717) is 17.9 Å². The third kappa shape index (κ3) is 3.84. The van der Waals surface area contributed by atoms with Crippen LogP contribution in [0.1, 0.15) is 29.8 Å².